The molecule has 0 amide bonds. The van der Waals surface area contributed by atoms with Gasteiger partial charge in [-0.05, 0) is 36.8 Å². The summed E-state index contributed by atoms with van der Waals surface area (Å²) in [6, 6.07) is 10.5. The molecule has 3 rings (SSSR count). The van der Waals surface area contributed by atoms with E-state index in [4.69, 9.17) is 5.11 Å². The molecule has 1 heterocycles. The molecule has 0 aliphatic carbocycles. The van der Waals surface area contributed by atoms with Crippen molar-refractivity contribution in [2.75, 3.05) is 31.1 Å². The van der Waals surface area contributed by atoms with Gasteiger partial charge in [0.15, 0.2) is 0 Å². The highest BCUT2D eigenvalue weighted by molar-refractivity contribution is 7.89. The molecule has 0 saturated carbocycles. The van der Waals surface area contributed by atoms with Crippen molar-refractivity contribution in [3.63, 3.8) is 0 Å². The minimum Gasteiger partial charge on any atom is -0.478 e. The lowest BCUT2D eigenvalue weighted by atomic mass is 10.1. The number of carboxylic acid groups (broad SMARTS) is 1. The zero-order valence-electron chi connectivity index (χ0n) is 14.2. The normalized spacial score (nSPS) is 15.8. The van der Waals surface area contributed by atoms with Gasteiger partial charge >= 0.3 is 5.97 Å². The zero-order valence-corrected chi connectivity index (χ0v) is 15.0. The van der Waals surface area contributed by atoms with E-state index in [0.717, 1.165) is 0 Å². The Morgan fingerprint density at radius 1 is 1.08 bits per heavy atom. The fourth-order valence-electron chi connectivity index (χ4n) is 3.03. The zero-order chi connectivity index (χ0) is 18.9. The van der Waals surface area contributed by atoms with Crippen LogP contribution < -0.4 is 4.90 Å². The molecule has 1 fully saturated rings. The van der Waals surface area contributed by atoms with E-state index < -0.39 is 16.0 Å². The number of para-hydroxylation sites is 1. The summed E-state index contributed by atoms with van der Waals surface area (Å²) in [6.45, 7) is 2.75. The van der Waals surface area contributed by atoms with Gasteiger partial charge in [-0.2, -0.15) is 4.31 Å². The van der Waals surface area contributed by atoms with E-state index in [-0.39, 0.29) is 29.4 Å². The summed E-state index contributed by atoms with van der Waals surface area (Å²) >= 11 is 0. The summed E-state index contributed by atoms with van der Waals surface area (Å²) in [5.41, 5.74) is 0.874. The van der Waals surface area contributed by atoms with Crippen LogP contribution in [0.25, 0.3) is 0 Å². The Morgan fingerprint density at radius 2 is 1.73 bits per heavy atom. The number of aromatic carboxylic acids is 1. The summed E-state index contributed by atoms with van der Waals surface area (Å²) in [5.74, 6) is -1.51. The molecule has 1 aliphatic heterocycles. The van der Waals surface area contributed by atoms with Crippen molar-refractivity contribution in [2.24, 2.45) is 0 Å². The number of sulfonamides is 1. The molecule has 138 valence electrons. The van der Waals surface area contributed by atoms with E-state index in [0.29, 0.717) is 24.3 Å². The number of aryl methyl sites for hydroxylation is 1. The predicted octanol–water partition coefficient (Wildman–Crippen LogP) is 2.34. The van der Waals surface area contributed by atoms with E-state index in [2.05, 4.69) is 0 Å². The standard InChI is InChI=1S/C18H19FN2O4S/c1-13-6-7-14(18(22)23)12-17(13)26(24,25)21-10-8-20(9-11-21)16-5-3-2-4-15(16)19/h2-7,12H,8-11H2,1H3,(H,22,23). The monoisotopic (exact) mass is 378 g/mol. The van der Waals surface area contributed by atoms with Gasteiger partial charge in [-0.1, -0.05) is 18.2 Å². The number of hydrogen-bond acceptors (Lipinski definition) is 4. The number of anilines is 1. The van der Waals surface area contributed by atoms with Gasteiger partial charge in [-0.15, -0.1) is 0 Å². The topological polar surface area (TPSA) is 77.9 Å². The summed E-state index contributed by atoms with van der Waals surface area (Å²) in [7, 11) is -3.81. The van der Waals surface area contributed by atoms with Crippen LogP contribution in [-0.4, -0.2) is 50.0 Å². The Labute approximate surface area is 151 Å². The highest BCUT2D eigenvalue weighted by Gasteiger charge is 2.30. The first kappa shape index (κ1) is 18.3. The Kier molecular flexibility index (Phi) is 4.97. The molecule has 8 heteroatoms. The minimum absolute atomic E-state index is 0.00302. The molecule has 0 unspecified atom stereocenters. The third-order valence-corrected chi connectivity index (χ3v) is 6.53. The first-order chi connectivity index (χ1) is 12.3. The largest absolute Gasteiger partial charge is 0.478 e. The van der Waals surface area contributed by atoms with E-state index in [1.807, 2.05) is 4.90 Å². The second-order valence-electron chi connectivity index (χ2n) is 6.13. The van der Waals surface area contributed by atoms with Crippen molar-refractivity contribution < 1.29 is 22.7 Å². The Hall–Kier alpha value is -2.45. The van der Waals surface area contributed by atoms with Crippen LogP contribution >= 0.6 is 0 Å². The lowest BCUT2D eigenvalue weighted by Gasteiger charge is -2.35. The molecular formula is C18H19FN2O4S. The maximum Gasteiger partial charge on any atom is 0.335 e. The quantitative estimate of drug-likeness (QED) is 0.884. The van der Waals surface area contributed by atoms with Crippen LogP contribution in [-0.2, 0) is 10.0 Å². The Bertz CT molecular complexity index is 938. The number of nitrogens with zero attached hydrogens (tertiary/aromatic N) is 2. The third kappa shape index (κ3) is 3.42. The van der Waals surface area contributed by atoms with Gasteiger partial charge in [-0.3, -0.25) is 0 Å². The van der Waals surface area contributed by atoms with Crippen molar-refractivity contribution in [3.8, 4) is 0 Å². The SMILES string of the molecule is Cc1ccc(C(=O)O)cc1S(=O)(=O)N1CCN(c2ccccc2F)CC1. The van der Waals surface area contributed by atoms with Gasteiger partial charge in [0.25, 0.3) is 0 Å². The van der Waals surface area contributed by atoms with Crippen molar-refractivity contribution in [1.29, 1.82) is 0 Å². The van der Waals surface area contributed by atoms with Gasteiger partial charge in [0.05, 0.1) is 16.1 Å². The molecule has 1 saturated heterocycles. The van der Waals surface area contributed by atoms with Crippen LogP contribution in [0.1, 0.15) is 15.9 Å². The van der Waals surface area contributed by atoms with Crippen LogP contribution in [0.4, 0.5) is 10.1 Å². The Balaban J connectivity index is 1.82. The molecule has 2 aromatic carbocycles. The highest BCUT2D eigenvalue weighted by Crippen LogP contribution is 2.25. The molecular weight excluding hydrogens is 359 g/mol. The summed E-state index contributed by atoms with van der Waals surface area (Å²) in [4.78, 5) is 13.0. The van der Waals surface area contributed by atoms with Crippen LogP contribution in [0.2, 0.25) is 0 Å². The smallest absolute Gasteiger partial charge is 0.335 e. The lowest BCUT2D eigenvalue weighted by Crippen LogP contribution is -2.49. The fraction of sp³-hybridized carbons (Fsp3) is 0.278. The minimum atomic E-state index is -3.81. The maximum atomic E-state index is 13.9. The molecule has 2 aromatic rings. The van der Waals surface area contributed by atoms with E-state index in [1.54, 1.807) is 25.1 Å². The van der Waals surface area contributed by atoms with Crippen LogP contribution in [0, 0.1) is 12.7 Å². The van der Waals surface area contributed by atoms with Crippen molar-refractivity contribution in [2.45, 2.75) is 11.8 Å². The van der Waals surface area contributed by atoms with Gasteiger partial charge in [0.1, 0.15) is 5.82 Å². The van der Waals surface area contributed by atoms with Crippen LogP contribution in [0.5, 0.6) is 0 Å². The number of hydrogen-bond donors (Lipinski definition) is 1. The molecule has 0 bridgehead atoms. The van der Waals surface area contributed by atoms with Gasteiger partial charge in [0, 0.05) is 26.2 Å². The van der Waals surface area contributed by atoms with E-state index >= 15 is 0 Å². The molecule has 1 N–H and O–H groups in total. The van der Waals surface area contributed by atoms with Crippen LogP contribution in [0.15, 0.2) is 47.4 Å². The van der Waals surface area contributed by atoms with Crippen molar-refractivity contribution >= 4 is 21.7 Å². The molecule has 0 aromatic heterocycles. The predicted molar refractivity (Wildman–Crippen MR) is 95.5 cm³/mol. The number of piperazine rings is 1. The summed E-state index contributed by atoms with van der Waals surface area (Å²) in [5, 5.41) is 9.11. The summed E-state index contributed by atoms with van der Waals surface area (Å²) < 4.78 is 41.1. The average Bonchev–Trinajstić information content (AvgIpc) is 2.62. The molecule has 1 aliphatic rings. The molecule has 6 nitrogen and oxygen atoms in total. The molecule has 26 heavy (non-hydrogen) atoms. The van der Waals surface area contributed by atoms with Gasteiger partial charge in [0.2, 0.25) is 10.0 Å². The molecule has 0 spiro atoms. The van der Waals surface area contributed by atoms with Gasteiger partial charge in [-0.25, -0.2) is 17.6 Å². The summed E-state index contributed by atoms with van der Waals surface area (Å²) in [6.07, 6.45) is 0. The van der Waals surface area contributed by atoms with E-state index in [9.17, 15) is 17.6 Å². The van der Waals surface area contributed by atoms with Gasteiger partial charge < -0.3 is 10.0 Å². The average molecular weight is 378 g/mol. The second kappa shape index (κ2) is 7.05. The van der Waals surface area contributed by atoms with E-state index in [1.165, 1.54) is 28.6 Å². The first-order valence-corrected chi connectivity index (χ1v) is 9.58. The lowest BCUT2D eigenvalue weighted by molar-refractivity contribution is 0.0696. The maximum absolute atomic E-state index is 13.9. The number of carboxylic acids is 1. The number of benzene rings is 2. The fourth-order valence-corrected chi connectivity index (χ4v) is 4.70. The number of carbonyl (C=O) groups is 1. The second-order valence-corrected chi connectivity index (χ2v) is 8.03. The number of rotatable bonds is 4. The van der Waals surface area contributed by atoms with Crippen LogP contribution in [0.3, 0.4) is 0 Å². The van der Waals surface area contributed by atoms with Crippen molar-refractivity contribution in [1.82, 2.24) is 4.31 Å². The highest BCUT2D eigenvalue weighted by atomic mass is 32.2. The Morgan fingerprint density at radius 3 is 2.35 bits per heavy atom. The first-order valence-electron chi connectivity index (χ1n) is 8.14. The number of halogens is 1. The van der Waals surface area contributed by atoms with Crippen molar-refractivity contribution in [3.05, 3.63) is 59.4 Å². The molecule has 0 radical (unpaired) electrons. The molecule has 0 atom stereocenters. The third-order valence-electron chi connectivity index (χ3n) is 4.48.